The van der Waals surface area contributed by atoms with Gasteiger partial charge in [-0.1, -0.05) is 26.0 Å². The molecule has 8 atom stereocenters. The molecular weight excluding hydrogens is 352 g/mol. The number of cyclic esters (lactones) is 1. The number of hydrogen-bond acceptors (Lipinski definition) is 7. The number of carbonyl (C=O) groups excluding carboxylic acids is 1. The van der Waals surface area contributed by atoms with Crippen molar-refractivity contribution in [3.63, 3.8) is 0 Å². The van der Waals surface area contributed by atoms with E-state index in [1.165, 1.54) is 0 Å². The Morgan fingerprint density at radius 3 is 2.78 bits per heavy atom. The minimum absolute atomic E-state index is 0.196. The van der Waals surface area contributed by atoms with Crippen LogP contribution in [-0.2, 0) is 14.3 Å². The summed E-state index contributed by atoms with van der Waals surface area (Å²) in [5.41, 5.74) is -4.05. The summed E-state index contributed by atoms with van der Waals surface area (Å²) in [6.07, 6.45) is 2.37. The quantitative estimate of drug-likeness (QED) is 0.389. The first-order valence-corrected chi connectivity index (χ1v) is 9.66. The van der Waals surface area contributed by atoms with Gasteiger partial charge in [-0.3, -0.25) is 0 Å². The lowest BCUT2D eigenvalue weighted by Crippen LogP contribution is -2.77. The third-order valence-electron chi connectivity index (χ3n) is 8.32. The second-order valence-electron chi connectivity index (χ2n) is 9.16. The molecule has 5 aliphatic rings. The van der Waals surface area contributed by atoms with Gasteiger partial charge in [0.05, 0.1) is 6.10 Å². The maximum absolute atomic E-state index is 12.0. The number of aliphatic hydroxyl groups is 4. The van der Waals surface area contributed by atoms with Gasteiger partial charge < -0.3 is 29.9 Å². The van der Waals surface area contributed by atoms with E-state index in [9.17, 15) is 25.2 Å². The van der Waals surface area contributed by atoms with E-state index in [-0.39, 0.29) is 25.1 Å². The number of fused-ring (bicyclic) bond motifs is 4. The smallest absolute Gasteiger partial charge is 0.334 e. The van der Waals surface area contributed by atoms with Gasteiger partial charge in [-0.2, -0.15) is 0 Å². The van der Waals surface area contributed by atoms with Crippen LogP contribution in [0.1, 0.15) is 33.1 Å². The van der Waals surface area contributed by atoms with Crippen LogP contribution in [0.5, 0.6) is 0 Å². The largest absolute Gasteiger partial charge is 0.458 e. The topological polar surface area (TPSA) is 116 Å². The maximum atomic E-state index is 12.0. The van der Waals surface area contributed by atoms with Gasteiger partial charge in [-0.05, 0) is 30.8 Å². The monoisotopic (exact) mass is 378 g/mol. The van der Waals surface area contributed by atoms with Gasteiger partial charge in [0.25, 0.3) is 0 Å². The van der Waals surface area contributed by atoms with Crippen molar-refractivity contribution >= 4 is 5.97 Å². The van der Waals surface area contributed by atoms with Crippen LogP contribution in [-0.4, -0.2) is 68.6 Å². The van der Waals surface area contributed by atoms with E-state index >= 15 is 0 Å². The fourth-order valence-electron chi connectivity index (χ4n) is 6.50. The van der Waals surface area contributed by atoms with Gasteiger partial charge in [0.15, 0.2) is 5.60 Å². The van der Waals surface area contributed by atoms with Crippen molar-refractivity contribution in [3.05, 3.63) is 23.3 Å². The van der Waals surface area contributed by atoms with Crippen molar-refractivity contribution in [2.45, 2.75) is 62.1 Å². The summed E-state index contributed by atoms with van der Waals surface area (Å²) in [5.74, 6) is -0.945. The van der Waals surface area contributed by atoms with E-state index in [1.807, 2.05) is 6.92 Å². The van der Waals surface area contributed by atoms with Gasteiger partial charge >= 0.3 is 5.97 Å². The predicted molar refractivity (Wildman–Crippen MR) is 92.3 cm³/mol. The van der Waals surface area contributed by atoms with Crippen LogP contribution in [0.15, 0.2) is 23.3 Å². The lowest BCUT2D eigenvalue weighted by molar-refractivity contribution is -0.267. The van der Waals surface area contributed by atoms with Gasteiger partial charge in [-0.25, -0.2) is 4.79 Å². The SMILES string of the molecule is CC(CO)[C@@]12C=C[C@]3(O)[C@@](O)([C@@H](C[C@H]4C5=C(CC[C@@]43C)C(=O)OC5)O1)[C@@H]2O. The third-order valence-corrected chi connectivity index (χ3v) is 8.32. The molecule has 4 N–H and O–H groups in total. The summed E-state index contributed by atoms with van der Waals surface area (Å²) < 4.78 is 11.4. The molecule has 0 spiro atoms. The standard InChI is InChI=1S/C20H26O7/c1-10(8-21)18-5-6-19(24)17(2)4-3-11-12(9-26-15(11)22)13(17)7-14(27-18)20(19,25)16(18)23/h5-6,10,13-14,16,21,23-25H,3-4,7-9H2,1-2H3/t10?,13-,14+,16+,17-,18+,19+,20+/m0/s1. The second-order valence-corrected chi connectivity index (χ2v) is 9.16. The van der Waals surface area contributed by atoms with Crippen molar-refractivity contribution in [3.8, 4) is 0 Å². The Morgan fingerprint density at radius 2 is 2.07 bits per heavy atom. The van der Waals surface area contributed by atoms with Crippen LogP contribution in [0, 0.1) is 17.3 Å². The molecule has 148 valence electrons. The zero-order valence-corrected chi connectivity index (χ0v) is 15.5. The fraction of sp³-hybridized carbons (Fsp3) is 0.750. The minimum atomic E-state index is -1.88. The number of rotatable bonds is 2. The molecule has 2 aliphatic heterocycles. The molecule has 1 saturated carbocycles. The molecule has 5 rings (SSSR count). The first-order valence-electron chi connectivity index (χ1n) is 9.66. The summed E-state index contributed by atoms with van der Waals surface area (Å²) in [5, 5.41) is 44.3. The van der Waals surface area contributed by atoms with Crippen molar-refractivity contribution in [2.24, 2.45) is 17.3 Å². The highest BCUT2D eigenvalue weighted by atomic mass is 16.6. The van der Waals surface area contributed by atoms with Gasteiger partial charge in [0, 0.05) is 23.5 Å². The van der Waals surface area contributed by atoms with Gasteiger partial charge in [0.2, 0.25) is 0 Å². The summed E-state index contributed by atoms with van der Waals surface area (Å²) >= 11 is 0. The zero-order valence-electron chi connectivity index (χ0n) is 15.5. The summed E-state index contributed by atoms with van der Waals surface area (Å²) in [6, 6.07) is 0. The average molecular weight is 378 g/mol. The highest BCUT2D eigenvalue weighted by molar-refractivity contribution is 5.92. The third kappa shape index (κ3) is 1.66. The molecule has 0 aromatic heterocycles. The van der Waals surface area contributed by atoms with Crippen molar-refractivity contribution < 1.29 is 34.7 Å². The van der Waals surface area contributed by atoms with E-state index < -0.39 is 40.3 Å². The van der Waals surface area contributed by atoms with Crippen LogP contribution in [0.3, 0.4) is 0 Å². The van der Waals surface area contributed by atoms with Crippen LogP contribution in [0.4, 0.5) is 0 Å². The maximum Gasteiger partial charge on any atom is 0.334 e. The number of hydrogen-bond donors (Lipinski definition) is 4. The van der Waals surface area contributed by atoms with Crippen LogP contribution in [0.25, 0.3) is 0 Å². The molecule has 1 unspecified atom stereocenters. The first-order chi connectivity index (χ1) is 12.7. The predicted octanol–water partition coefficient (Wildman–Crippen LogP) is -0.181. The normalized spacial score (nSPS) is 53.9. The van der Waals surface area contributed by atoms with E-state index in [0.717, 1.165) is 5.57 Å². The molecular formula is C20H26O7. The van der Waals surface area contributed by atoms with Crippen LogP contribution >= 0.6 is 0 Å². The van der Waals surface area contributed by atoms with E-state index in [4.69, 9.17) is 9.47 Å². The van der Waals surface area contributed by atoms with E-state index in [1.54, 1.807) is 19.1 Å². The fourth-order valence-corrected chi connectivity index (χ4v) is 6.50. The number of aliphatic hydroxyl groups excluding tert-OH is 2. The molecule has 7 nitrogen and oxygen atoms in total. The Kier molecular flexibility index (Phi) is 3.31. The Hall–Kier alpha value is -1.25. The second kappa shape index (κ2) is 5.02. The van der Waals surface area contributed by atoms with Gasteiger partial charge in [-0.15, -0.1) is 0 Å². The van der Waals surface area contributed by atoms with Crippen molar-refractivity contribution in [1.82, 2.24) is 0 Å². The lowest BCUT2D eigenvalue weighted by atomic mass is 9.45. The highest BCUT2D eigenvalue weighted by Gasteiger charge is 2.80. The summed E-state index contributed by atoms with van der Waals surface area (Å²) in [6.45, 7) is 3.65. The van der Waals surface area contributed by atoms with E-state index in [0.29, 0.717) is 24.8 Å². The highest BCUT2D eigenvalue weighted by Crippen LogP contribution is 2.67. The molecule has 7 heteroatoms. The van der Waals surface area contributed by atoms with Crippen LogP contribution in [0.2, 0.25) is 0 Å². The van der Waals surface area contributed by atoms with Crippen LogP contribution < -0.4 is 0 Å². The van der Waals surface area contributed by atoms with Crippen molar-refractivity contribution in [1.29, 1.82) is 0 Å². The zero-order chi connectivity index (χ0) is 19.4. The summed E-state index contributed by atoms with van der Waals surface area (Å²) in [4.78, 5) is 12.0. The molecule has 27 heavy (non-hydrogen) atoms. The molecule has 2 heterocycles. The molecule has 1 saturated heterocycles. The minimum Gasteiger partial charge on any atom is -0.458 e. The molecule has 2 bridgehead atoms. The van der Waals surface area contributed by atoms with Crippen molar-refractivity contribution in [2.75, 3.05) is 13.2 Å². The molecule has 3 aliphatic carbocycles. The van der Waals surface area contributed by atoms with Gasteiger partial charge in [0.1, 0.15) is 23.9 Å². The molecule has 0 radical (unpaired) electrons. The first kappa shape index (κ1) is 17.8. The molecule has 0 aromatic carbocycles. The molecule has 0 aromatic rings. The lowest BCUT2D eigenvalue weighted by Gasteiger charge is -2.62. The summed E-state index contributed by atoms with van der Waals surface area (Å²) in [7, 11) is 0. The number of carbonyl (C=O) groups is 1. The Balaban J connectivity index is 1.69. The Morgan fingerprint density at radius 1 is 1.33 bits per heavy atom. The Bertz CT molecular complexity index is 789. The number of ether oxygens (including phenoxy) is 2. The average Bonchev–Trinajstić information content (AvgIpc) is 3.10. The van der Waals surface area contributed by atoms with E-state index in [2.05, 4.69) is 0 Å². The number of esters is 1. The molecule has 2 fully saturated rings. The molecule has 0 amide bonds. The Labute approximate surface area is 157 Å².